The number of hydrogen-bond donors (Lipinski definition) is 0. The van der Waals surface area contributed by atoms with Gasteiger partial charge in [0.1, 0.15) is 27.9 Å². The number of nitrogens with zero attached hydrogens (tertiary/aromatic N) is 3. The van der Waals surface area contributed by atoms with Crippen LogP contribution in [-0.4, -0.2) is 37.1 Å². The van der Waals surface area contributed by atoms with Crippen LogP contribution in [-0.2, 0) is 36.3 Å². The summed E-state index contributed by atoms with van der Waals surface area (Å²) in [5.41, 5.74) is -2.12. The van der Waals surface area contributed by atoms with Crippen LogP contribution in [0.4, 0.5) is 0 Å². The number of nitriles is 1. The van der Waals surface area contributed by atoms with Gasteiger partial charge in [0.05, 0.1) is 13.0 Å². The molecular formula is C28H30Cl2N3O7PS3. The first kappa shape index (κ1) is 36.1. The van der Waals surface area contributed by atoms with E-state index in [2.05, 4.69) is 5.10 Å². The standard InChI is InChI=1S/C22H19Cl2NO3.C6H11N2O4PS3/c1-22(2)17(12-19(23)24)20(22)21(26)28-18(13-25)14-7-6-10-16(11-14)27-15-8-4-3-5-9-15;1-10-5-7-8(6(9)16-5)4-15-13(14,11-2)12-3/h3-12,17-18,20H,1-2H3;4H2,1-3H3. The van der Waals surface area contributed by atoms with E-state index in [0.29, 0.717) is 22.3 Å². The summed E-state index contributed by atoms with van der Waals surface area (Å²) < 4.78 is 27.7. The van der Waals surface area contributed by atoms with Gasteiger partial charge in [-0.3, -0.25) is 9.59 Å². The second kappa shape index (κ2) is 16.2. The van der Waals surface area contributed by atoms with E-state index in [-0.39, 0.29) is 32.5 Å². The van der Waals surface area contributed by atoms with Crippen molar-refractivity contribution in [2.24, 2.45) is 17.3 Å². The van der Waals surface area contributed by atoms with E-state index in [4.69, 9.17) is 58.3 Å². The molecule has 4 rings (SSSR count). The maximum absolute atomic E-state index is 12.6. The highest BCUT2D eigenvalue weighted by molar-refractivity contribution is 8.67. The SMILES string of the molecule is CC1(C)C(C=C(Cl)Cl)C1C(=O)OC(C#N)c1cccc(Oc2ccccc2)c1.COc1nn(CSP(=S)(OC)OC)c(=O)s1. The molecule has 1 heterocycles. The van der Waals surface area contributed by atoms with E-state index in [1.54, 1.807) is 30.3 Å². The molecule has 16 heteroatoms. The van der Waals surface area contributed by atoms with Crippen LogP contribution >= 0.6 is 51.6 Å². The Balaban J connectivity index is 0.000000281. The molecule has 1 aromatic heterocycles. The van der Waals surface area contributed by atoms with Gasteiger partial charge in [0, 0.05) is 19.8 Å². The molecular weight excluding hydrogens is 688 g/mol. The predicted octanol–water partition coefficient (Wildman–Crippen LogP) is 7.70. The van der Waals surface area contributed by atoms with Gasteiger partial charge >= 0.3 is 10.8 Å². The lowest BCUT2D eigenvalue weighted by Gasteiger charge is -2.15. The molecule has 0 radical (unpaired) electrons. The summed E-state index contributed by atoms with van der Waals surface area (Å²) in [6.45, 7) is 3.87. The van der Waals surface area contributed by atoms with Crippen LogP contribution in [0.15, 0.2) is 70.0 Å². The van der Waals surface area contributed by atoms with Gasteiger partial charge in [0.15, 0.2) is 0 Å². The number of carbonyl (C=O) groups is 1. The second-order valence-electron chi connectivity index (χ2n) is 9.62. The molecule has 1 aliphatic rings. The van der Waals surface area contributed by atoms with Gasteiger partial charge in [-0.2, -0.15) is 5.26 Å². The van der Waals surface area contributed by atoms with Crippen molar-refractivity contribution in [1.29, 1.82) is 5.26 Å². The third-order valence-corrected chi connectivity index (χ3v) is 13.2. The van der Waals surface area contributed by atoms with Gasteiger partial charge in [-0.05, 0) is 76.2 Å². The average molecular weight is 719 g/mol. The monoisotopic (exact) mass is 717 g/mol. The molecule has 236 valence electrons. The van der Waals surface area contributed by atoms with E-state index in [9.17, 15) is 14.9 Å². The number of carbonyl (C=O) groups excluding carboxylic acids is 1. The highest BCUT2D eigenvalue weighted by Gasteiger charge is 2.62. The fourth-order valence-corrected chi connectivity index (χ4v) is 7.59. The lowest BCUT2D eigenvalue weighted by Crippen LogP contribution is -2.14. The van der Waals surface area contributed by atoms with Crippen LogP contribution in [0.2, 0.25) is 0 Å². The number of allylic oxidation sites excluding steroid dienone is 1. The first-order valence-electron chi connectivity index (χ1n) is 12.8. The van der Waals surface area contributed by atoms with E-state index in [1.807, 2.05) is 50.2 Å². The zero-order valence-corrected chi connectivity index (χ0v) is 29.2. The van der Waals surface area contributed by atoms with Crippen LogP contribution in [0, 0.1) is 28.6 Å². The number of hydrogen-bond acceptors (Lipinski definition) is 12. The zero-order valence-electron chi connectivity index (χ0n) is 24.3. The minimum atomic E-state index is -2.35. The summed E-state index contributed by atoms with van der Waals surface area (Å²) >= 11 is 18.8. The topological polar surface area (TPSA) is 122 Å². The summed E-state index contributed by atoms with van der Waals surface area (Å²) in [7, 11) is 4.44. The molecule has 0 bridgehead atoms. The minimum Gasteiger partial charge on any atom is -0.472 e. The molecule has 0 amide bonds. The molecule has 2 aromatic carbocycles. The molecule has 1 saturated carbocycles. The van der Waals surface area contributed by atoms with Gasteiger partial charge in [-0.25, -0.2) is 4.68 Å². The average Bonchev–Trinajstić information content (AvgIpc) is 3.34. The molecule has 3 unspecified atom stereocenters. The van der Waals surface area contributed by atoms with Crippen molar-refractivity contribution < 1.29 is 28.1 Å². The van der Waals surface area contributed by atoms with Gasteiger partial charge < -0.3 is 23.3 Å². The molecule has 0 saturated heterocycles. The quantitative estimate of drug-likeness (QED) is 0.135. The van der Waals surface area contributed by atoms with Crippen LogP contribution in [0.3, 0.4) is 0 Å². The van der Waals surface area contributed by atoms with Gasteiger partial charge in [-0.1, -0.05) is 67.4 Å². The number of ether oxygens (including phenoxy) is 3. The van der Waals surface area contributed by atoms with Crippen molar-refractivity contribution in [3.05, 3.63) is 80.4 Å². The Morgan fingerprint density at radius 3 is 2.41 bits per heavy atom. The highest BCUT2D eigenvalue weighted by Crippen LogP contribution is 2.61. The Kier molecular flexibility index (Phi) is 13.3. The molecule has 0 N–H and O–H groups in total. The van der Waals surface area contributed by atoms with Crippen LogP contribution < -0.4 is 14.3 Å². The molecule has 0 spiro atoms. The largest absolute Gasteiger partial charge is 0.472 e. The molecule has 3 aromatic rings. The number of esters is 1. The Labute approximate surface area is 278 Å². The first-order valence-corrected chi connectivity index (χ1v) is 18.6. The number of benzene rings is 2. The molecule has 10 nitrogen and oxygen atoms in total. The fraction of sp³-hybridized carbons (Fsp3) is 0.357. The summed E-state index contributed by atoms with van der Waals surface area (Å²) in [6.07, 6.45) is 0.615. The van der Waals surface area contributed by atoms with Crippen LogP contribution in [0.5, 0.6) is 16.7 Å². The van der Waals surface area contributed by atoms with E-state index >= 15 is 0 Å². The van der Waals surface area contributed by atoms with Crippen molar-refractivity contribution in [2.45, 2.75) is 25.8 Å². The third kappa shape index (κ3) is 9.80. The number of rotatable bonds is 12. The van der Waals surface area contributed by atoms with E-state index < -0.39 is 17.8 Å². The van der Waals surface area contributed by atoms with E-state index in [0.717, 1.165) is 11.3 Å². The van der Waals surface area contributed by atoms with Crippen LogP contribution in [0.25, 0.3) is 0 Å². The summed E-state index contributed by atoms with van der Waals surface area (Å²) in [6, 6.07) is 18.3. The maximum Gasteiger partial charge on any atom is 0.329 e. The van der Waals surface area contributed by atoms with Crippen molar-refractivity contribution >= 4 is 69.4 Å². The Hall–Kier alpha value is -2.40. The Morgan fingerprint density at radius 1 is 1.18 bits per heavy atom. The molecule has 0 aliphatic heterocycles. The van der Waals surface area contributed by atoms with Crippen molar-refractivity contribution in [3.63, 3.8) is 0 Å². The second-order valence-corrected chi connectivity index (χ2v) is 18.0. The molecule has 1 aliphatic carbocycles. The summed E-state index contributed by atoms with van der Waals surface area (Å²) in [5, 5.41) is 13.8. The normalized spacial score (nSPS) is 17.2. The third-order valence-electron chi connectivity index (χ3n) is 6.51. The fourth-order valence-electron chi connectivity index (χ4n) is 4.06. The van der Waals surface area contributed by atoms with Gasteiger partial charge in [-0.15, -0.1) is 5.10 Å². The van der Waals surface area contributed by atoms with Gasteiger partial charge in [0.25, 0.3) is 5.19 Å². The zero-order chi connectivity index (χ0) is 32.5. The van der Waals surface area contributed by atoms with Crippen molar-refractivity contribution in [1.82, 2.24) is 9.78 Å². The van der Waals surface area contributed by atoms with E-state index in [1.165, 1.54) is 37.4 Å². The molecule has 1 fully saturated rings. The Morgan fingerprint density at radius 2 is 1.84 bits per heavy atom. The van der Waals surface area contributed by atoms with Crippen molar-refractivity contribution in [2.75, 3.05) is 21.3 Å². The summed E-state index contributed by atoms with van der Waals surface area (Å²) in [4.78, 5) is 23.8. The first-order chi connectivity index (χ1) is 20.9. The predicted molar refractivity (Wildman–Crippen MR) is 177 cm³/mol. The number of halogens is 2. The maximum atomic E-state index is 12.6. The highest BCUT2D eigenvalue weighted by atomic mass is 35.5. The lowest BCUT2D eigenvalue weighted by molar-refractivity contribution is -0.149. The number of methoxy groups -OCH3 is 1. The smallest absolute Gasteiger partial charge is 0.329 e. The summed E-state index contributed by atoms with van der Waals surface area (Å²) in [5.74, 6) is 0.579. The van der Waals surface area contributed by atoms with Crippen molar-refractivity contribution in [3.8, 4) is 22.8 Å². The number of aromatic nitrogens is 2. The van der Waals surface area contributed by atoms with Crippen LogP contribution in [0.1, 0.15) is 25.5 Å². The minimum absolute atomic E-state index is 0.114. The van der Waals surface area contributed by atoms with Gasteiger partial charge in [0.2, 0.25) is 11.8 Å². The number of para-hydroxylation sites is 1. The molecule has 44 heavy (non-hydrogen) atoms. The Bertz CT molecular complexity index is 1600. The lowest BCUT2D eigenvalue weighted by atomic mass is 10.1. The molecule has 3 atom stereocenters.